The highest BCUT2D eigenvalue weighted by Gasteiger charge is 2.21. The molecule has 1 aromatic rings. The third kappa shape index (κ3) is 3.84. The molecule has 1 atom stereocenters. The van der Waals surface area contributed by atoms with E-state index in [-0.39, 0.29) is 12.5 Å². The molecule has 16 heavy (non-hydrogen) atoms. The summed E-state index contributed by atoms with van der Waals surface area (Å²) in [5.41, 5.74) is -0.467. The highest BCUT2D eigenvalue weighted by molar-refractivity contribution is 9.10. The second-order valence-corrected chi connectivity index (χ2v) is 5.31. The number of carbonyl (C=O) groups is 1. The fourth-order valence-corrected chi connectivity index (χ4v) is 2.33. The van der Waals surface area contributed by atoms with Gasteiger partial charge in [0.25, 0.3) is 5.91 Å². The molecule has 1 aromatic heterocycles. The molecule has 0 spiro atoms. The van der Waals surface area contributed by atoms with Crippen LogP contribution in [0.2, 0.25) is 0 Å². The van der Waals surface area contributed by atoms with Crippen molar-refractivity contribution in [3.63, 3.8) is 0 Å². The second kappa shape index (κ2) is 5.75. The predicted octanol–water partition coefficient (Wildman–Crippen LogP) is 1.89. The molecule has 0 aliphatic rings. The van der Waals surface area contributed by atoms with Crippen molar-refractivity contribution in [1.29, 1.82) is 0 Å². The molecule has 90 valence electrons. The number of hydrogen-bond acceptors (Lipinski definition) is 4. The Morgan fingerprint density at radius 2 is 2.44 bits per heavy atom. The molecule has 0 aliphatic heterocycles. The molecular formula is C10H14BrNO3S. The summed E-state index contributed by atoms with van der Waals surface area (Å²) in [7, 11) is 0. The predicted molar refractivity (Wildman–Crippen MR) is 67.7 cm³/mol. The van der Waals surface area contributed by atoms with Crippen molar-refractivity contribution in [3.8, 4) is 0 Å². The number of thioether (sulfide) groups is 1. The lowest BCUT2D eigenvalue weighted by atomic mass is 10.1. The summed E-state index contributed by atoms with van der Waals surface area (Å²) in [6.45, 7) is 1.90. The maximum absolute atomic E-state index is 11.7. The summed E-state index contributed by atoms with van der Waals surface area (Å²) in [6.07, 6.45) is 3.34. The quantitative estimate of drug-likeness (QED) is 0.872. The molecule has 1 amide bonds. The van der Waals surface area contributed by atoms with Crippen LogP contribution in [0.25, 0.3) is 0 Å². The lowest BCUT2D eigenvalue weighted by molar-refractivity contribution is 0.0724. The molecule has 0 bridgehead atoms. The van der Waals surface area contributed by atoms with Crippen molar-refractivity contribution in [2.45, 2.75) is 12.5 Å². The first kappa shape index (κ1) is 13.6. The number of carbonyl (C=O) groups excluding carboxylic acids is 1. The molecule has 1 unspecified atom stereocenters. The van der Waals surface area contributed by atoms with Gasteiger partial charge in [0.2, 0.25) is 0 Å². The lowest BCUT2D eigenvalue weighted by Crippen LogP contribution is -2.42. The fraction of sp³-hybridized carbons (Fsp3) is 0.500. The Kier molecular flexibility index (Phi) is 4.89. The Morgan fingerprint density at radius 3 is 2.94 bits per heavy atom. The molecule has 1 rings (SSSR count). The van der Waals surface area contributed by atoms with Gasteiger partial charge >= 0.3 is 0 Å². The van der Waals surface area contributed by atoms with Crippen molar-refractivity contribution in [2.24, 2.45) is 0 Å². The third-order valence-electron chi connectivity index (χ3n) is 1.95. The molecule has 0 aliphatic carbocycles. The molecule has 0 radical (unpaired) electrons. The summed E-state index contributed by atoms with van der Waals surface area (Å²) < 4.78 is 5.35. The average Bonchev–Trinajstić information content (AvgIpc) is 2.61. The Hall–Kier alpha value is -0.460. The van der Waals surface area contributed by atoms with Gasteiger partial charge < -0.3 is 14.8 Å². The Balaban J connectivity index is 2.51. The van der Waals surface area contributed by atoms with Crippen molar-refractivity contribution >= 4 is 33.6 Å². The van der Waals surface area contributed by atoms with Crippen LogP contribution in [0.4, 0.5) is 0 Å². The minimum atomic E-state index is -0.898. The van der Waals surface area contributed by atoms with Crippen molar-refractivity contribution < 1.29 is 14.3 Å². The zero-order chi connectivity index (χ0) is 12.2. The lowest BCUT2D eigenvalue weighted by Gasteiger charge is -2.22. The van der Waals surface area contributed by atoms with E-state index >= 15 is 0 Å². The van der Waals surface area contributed by atoms with E-state index in [2.05, 4.69) is 21.2 Å². The van der Waals surface area contributed by atoms with E-state index in [1.165, 1.54) is 18.0 Å². The Labute approximate surface area is 107 Å². The van der Waals surface area contributed by atoms with Crippen LogP contribution in [0.5, 0.6) is 0 Å². The van der Waals surface area contributed by atoms with Gasteiger partial charge in [-0.15, -0.1) is 0 Å². The minimum Gasteiger partial charge on any atom is -0.457 e. The zero-order valence-electron chi connectivity index (χ0n) is 9.12. The average molecular weight is 308 g/mol. The van der Waals surface area contributed by atoms with E-state index < -0.39 is 5.60 Å². The molecule has 2 N–H and O–H groups in total. The summed E-state index contributed by atoms with van der Waals surface area (Å²) >= 11 is 4.66. The Bertz CT molecular complexity index is 365. The first-order valence-corrected chi connectivity index (χ1v) is 6.87. The molecule has 1 heterocycles. The van der Waals surface area contributed by atoms with Gasteiger partial charge in [0.15, 0.2) is 4.67 Å². The third-order valence-corrected chi connectivity index (χ3v) is 3.47. The summed E-state index contributed by atoms with van der Waals surface area (Å²) in [5.74, 6) is 0.307. The molecular weight excluding hydrogens is 294 g/mol. The van der Waals surface area contributed by atoms with E-state index in [1.807, 2.05) is 6.26 Å². The number of aliphatic hydroxyl groups is 1. The van der Waals surface area contributed by atoms with Gasteiger partial charge in [-0.1, -0.05) is 0 Å². The SMILES string of the molecule is CSCC(C)(O)CNC(=O)c1ccoc1Br. The Morgan fingerprint density at radius 1 is 1.75 bits per heavy atom. The van der Waals surface area contributed by atoms with Crippen molar-refractivity contribution in [1.82, 2.24) is 5.32 Å². The number of amides is 1. The first-order chi connectivity index (χ1) is 7.46. The van der Waals surface area contributed by atoms with Crippen LogP contribution in [0.3, 0.4) is 0 Å². The van der Waals surface area contributed by atoms with E-state index in [4.69, 9.17) is 4.42 Å². The number of hydrogen-bond donors (Lipinski definition) is 2. The normalized spacial score (nSPS) is 14.5. The second-order valence-electron chi connectivity index (χ2n) is 3.72. The maximum Gasteiger partial charge on any atom is 0.255 e. The van der Waals surface area contributed by atoms with Gasteiger partial charge in [0.1, 0.15) is 0 Å². The molecule has 0 saturated heterocycles. The van der Waals surface area contributed by atoms with Gasteiger partial charge in [-0.2, -0.15) is 11.8 Å². The van der Waals surface area contributed by atoms with Crippen LogP contribution < -0.4 is 5.32 Å². The number of nitrogens with one attached hydrogen (secondary N) is 1. The minimum absolute atomic E-state index is 0.213. The largest absolute Gasteiger partial charge is 0.457 e. The first-order valence-electron chi connectivity index (χ1n) is 4.69. The standard InChI is InChI=1S/C10H14BrNO3S/c1-10(14,6-16-2)5-12-9(13)7-3-4-15-8(7)11/h3-4,14H,5-6H2,1-2H3,(H,12,13). The molecule has 0 saturated carbocycles. The number of rotatable bonds is 5. The molecule has 4 nitrogen and oxygen atoms in total. The van der Waals surface area contributed by atoms with Gasteiger partial charge in [0.05, 0.1) is 17.4 Å². The van der Waals surface area contributed by atoms with Gasteiger partial charge in [-0.3, -0.25) is 4.79 Å². The summed E-state index contributed by atoms with van der Waals surface area (Å²) in [5, 5.41) is 12.5. The molecule has 0 fully saturated rings. The van der Waals surface area contributed by atoms with Crippen LogP contribution in [-0.2, 0) is 0 Å². The number of furan rings is 1. The van der Waals surface area contributed by atoms with E-state index in [0.29, 0.717) is 16.0 Å². The topological polar surface area (TPSA) is 62.5 Å². The van der Waals surface area contributed by atoms with E-state index in [1.54, 1.807) is 13.0 Å². The number of halogens is 1. The van der Waals surface area contributed by atoms with Crippen LogP contribution in [0, 0.1) is 0 Å². The van der Waals surface area contributed by atoms with Crippen LogP contribution in [0.1, 0.15) is 17.3 Å². The molecule has 0 aromatic carbocycles. The zero-order valence-corrected chi connectivity index (χ0v) is 11.5. The highest BCUT2D eigenvalue weighted by Crippen LogP contribution is 2.17. The van der Waals surface area contributed by atoms with Crippen molar-refractivity contribution in [2.75, 3.05) is 18.6 Å². The van der Waals surface area contributed by atoms with E-state index in [0.717, 1.165) is 0 Å². The van der Waals surface area contributed by atoms with Gasteiger partial charge in [-0.05, 0) is 35.2 Å². The monoisotopic (exact) mass is 307 g/mol. The van der Waals surface area contributed by atoms with Crippen LogP contribution in [-0.4, -0.2) is 35.2 Å². The van der Waals surface area contributed by atoms with Crippen LogP contribution in [0.15, 0.2) is 21.4 Å². The molecule has 6 heteroatoms. The summed E-state index contributed by atoms with van der Waals surface area (Å²) in [6, 6.07) is 1.57. The highest BCUT2D eigenvalue weighted by atomic mass is 79.9. The summed E-state index contributed by atoms with van der Waals surface area (Å²) in [4.78, 5) is 11.7. The van der Waals surface area contributed by atoms with Crippen molar-refractivity contribution in [3.05, 3.63) is 22.6 Å². The van der Waals surface area contributed by atoms with Gasteiger partial charge in [-0.25, -0.2) is 0 Å². The van der Waals surface area contributed by atoms with E-state index in [9.17, 15) is 9.90 Å². The van der Waals surface area contributed by atoms with Gasteiger partial charge in [0, 0.05) is 12.3 Å². The van der Waals surface area contributed by atoms with Crippen LogP contribution >= 0.6 is 27.7 Å². The fourth-order valence-electron chi connectivity index (χ4n) is 1.18. The smallest absolute Gasteiger partial charge is 0.255 e. The maximum atomic E-state index is 11.7.